The van der Waals surface area contributed by atoms with Gasteiger partial charge < -0.3 is 5.32 Å². The maximum absolute atomic E-state index is 13.0. The van der Waals surface area contributed by atoms with Gasteiger partial charge in [-0.05, 0) is 37.3 Å². The minimum absolute atomic E-state index is 0.0596. The molecule has 2 aromatic carbocycles. The number of anilines is 1. The molecule has 2 aliphatic rings. The number of carbonyl (C=O) groups excluding carboxylic acids is 1. The third-order valence-corrected chi connectivity index (χ3v) is 7.35. The maximum Gasteiger partial charge on any atom is 0.237 e. The van der Waals surface area contributed by atoms with Crippen molar-refractivity contribution >= 4 is 23.4 Å². The molecule has 6 heteroatoms. The summed E-state index contributed by atoms with van der Waals surface area (Å²) in [5, 5.41) is 13.0. The Morgan fingerprint density at radius 1 is 0.900 bits per heavy atom. The Labute approximate surface area is 181 Å². The summed E-state index contributed by atoms with van der Waals surface area (Å²) in [5.41, 5.74) is 3.22. The third-order valence-electron chi connectivity index (χ3n) is 6.13. The fraction of sp³-hybridized carbons (Fsp3) is 0.375. The molecule has 1 N–H and O–H groups in total. The molecule has 1 aliphatic heterocycles. The molecule has 0 spiro atoms. The first-order valence-corrected chi connectivity index (χ1v) is 11.7. The molecule has 1 fully saturated rings. The van der Waals surface area contributed by atoms with Crippen molar-refractivity contribution in [2.24, 2.45) is 0 Å². The Balaban J connectivity index is 1.45. The van der Waals surface area contributed by atoms with Crippen LogP contribution in [0.3, 0.4) is 0 Å². The topological polar surface area (TPSA) is 59.8 Å². The van der Waals surface area contributed by atoms with Gasteiger partial charge in [-0.1, -0.05) is 79.6 Å². The molecule has 2 heterocycles. The third kappa shape index (κ3) is 3.88. The molecule has 154 valence electrons. The molecule has 5 rings (SSSR count). The van der Waals surface area contributed by atoms with Gasteiger partial charge in [0, 0.05) is 17.3 Å². The van der Waals surface area contributed by atoms with Crippen molar-refractivity contribution in [3.63, 3.8) is 0 Å². The van der Waals surface area contributed by atoms with Crippen LogP contribution in [0.5, 0.6) is 0 Å². The van der Waals surface area contributed by atoms with E-state index < -0.39 is 0 Å². The molecule has 0 radical (unpaired) electrons. The van der Waals surface area contributed by atoms with E-state index in [-0.39, 0.29) is 11.2 Å². The van der Waals surface area contributed by atoms with Crippen molar-refractivity contribution < 1.29 is 4.79 Å². The number of benzene rings is 2. The van der Waals surface area contributed by atoms with Gasteiger partial charge in [0.05, 0.1) is 5.25 Å². The SMILES string of the molecule is O=C1Nc2ccccc2CCC1Sc1nnc(-c2ccccc2)n1C1CCCCC1. The average molecular weight is 419 g/mol. The number of thioether (sulfide) groups is 1. The van der Waals surface area contributed by atoms with Gasteiger partial charge in [-0.2, -0.15) is 0 Å². The normalized spacial score (nSPS) is 19.7. The smallest absolute Gasteiger partial charge is 0.237 e. The summed E-state index contributed by atoms with van der Waals surface area (Å²) in [6, 6.07) is 18.8. The number of para-hydroxylation sites is 1. The first kappa shape index (κ1) is 19.4. The second-order valence-electron chi connectivity index (χ2n) is 8.13. The first-order valence-electron chi connectivity index (χ1n) is 10.9. The van der Waals surface area contributed by atoms with E-state index in [0.29, 0.717) is 6.04 Å². The average Bonchev–Trinajstić information content (AvgIpc) is 3.14. The Bertz CT molecular complexity index is 1030. The highest BCUT2D eigenvalue weighted by Crippen LogP contribution is 2.38. The van der Waals surface area contributed by atoms with E-state index in [1.165, 1.54) is 24.8 Å². The van der Waals surface area contributed by atoms with Gasteiger partial charge in [0.25, 0.3) is 0 Å². The van der Waals surface area contributed by atoms with Crippen molar-refractivity contribution in [3.05, 3.63) is 60.2 Å². The summed E-state index contributed by atoms with van der Waals surface area (Å²) < 4.78 is 2.31. The predicted molar refractivity (Wildman–Crippen MR) is 121 cm³/mol. The summed E-state index contributed by atoms with van der Waals surface area (Å²) >= 11 is 1.57. The van der Waals surface area contributed by atoms with Crippen LogP contribution in [0.25, 0.3) is 11.4 Å². The van der Waals surface area contributed by atoms with Crippen LogP contribution in [0.15, 0.2) is 59.8 Å². The molecule has 5 nitrogen and oxygen atoms in total. The van der Waals surface area contributed by atoms with Crippen molar-refractivity contribution in [2.75, 3.05) is 5.32 Å². The molecular weight excluding hydrogens is 392 g/mol. The van der Waals surface area contributed by atoms with Crippen molar-refractivity contribution in [1.82, 2.24) is 14.8 Å². The summed E-state index contributed by atoms with van der Waals surface area (Å²) in [6.07, 6.45) is 7.74. The number of amides is 1. The lowest BCUT2D eigenvalue weighted by Gasteiger charge is -2.26. The zero-order valence-corrected chi connectivity index (χ0v) is 17.8. The van der Waals surface area contributed by atoms with Crippen LogP contribution in [-0.4, -0.2) is 25.9 Å². The highest BCUT2D eigenvalue weighted by molar-refractivity contribution is 8.00. The number of aryl methyl sites for hydroxylation is 1. The fourth-order valence-electron chi connectivity index (χ4n) is 4.54. The number of carbonyl (C=O) groups is 1. The van der Waals surface area contributed by atoms with Gasteiger partial charge in [-0.3, -0.25) is 9.36 Å². The number of rotatable bonds is 4. The molecule has 30 heavy (non-hydrogen) atoms. The zero-order valence-electron chi connectivity index (χ0n) is 17.0. The molecule has 1 amide bonds. The first-order chi connectivity index (χ1) is 14.8. The van der Waals surface area contributed by atoms with Gasteiger partial charge >= 0.3 is 0 Å². The zero-order chi connectivity index (χ0) is 20.3. The summed E-state index contributed by atoms with van der Waals surface area (Å²) in [6.45, 7) is 0. The second-order valence-corrected chi connectivity index (χ2v) is 9.30. The number of nitrogens with one attached hydrogen (secondary N) is 1. The lowest BCUT2D eigenvalue weighted by molar-refractivity contribution is -0.115. The van der Waals surface area contributed by atoms with Crippen molar-refractivity contribution in [1.29, 1.82) is 0 Å². The highest BCUT2D eigenvalue weighted by Gasteiger charge is 2.29. The van der Waals surface area contributed by atoms with Gasteiger partial charge in [0.1, 0.15) is 0 Å². The standard InChI is InChI=1S/C24H26N4OS/c29-23-21(16-15-17-9-7-8-14-20(17)25-23)30-24-27-26-22(18-10-3-1-4-11-18)28(24)19-12-5-2-6-13-19/h1,3-4,7-11,14,19,21H,2,5-6,12-13,15-16H2,(H,25,29). The molecule has 1 aliphatic carbocycles. The molecule has 1 unspecified atom stereocenters. The largest absolute Gasteiger partial charge is 0.325 e. The molecule has 3 aromatic rings. The van der Waals surface area contributed by atoms with Gasteiger partial charge in [-0.15, -0.1) is 10.2 Å². The minimum Gasteiger partial charge on any atom is -0.325 e. The fourth-order valence-corrected chi connectivity index (χ4v) is 5.63. The molecule has 0 bridgehead atoms. The summed E-state index contributed by atoms with van der Waals surface area (Å²) in [5.74, 6) is 0.978. The van der Waals surface area contributed by atoms with E-state index in [0.717, 1.165) is 47.9 Å². The van der Waals surface area contributed by atoms with Crippen LogP contribution in [-0.2, 0) is 11.2 Å². The van der Waals surface area contributed by atoms with E-state index in [2.05, 4.69) is 38.3 Å². The van der Waals surface area contributed by atoms with Gasteiger partial charge in [0.15, 0.2) is 11.0 Å². The van der Waals surface area contributed by atoms with Crippen LogP contribution in [0.2, 0.25) is 0 Å². The Kier molecular flexibility index (Phi) is 5.58. The van der Waals surface area contributed by atoms with Gasteiger partial charge in [0.2, 0.25) is 5.91 Å². The van der Waals surface area contributed by atoms with Crippen LogP contribution in [0, 0.1) is 0 Å². The minimum atomic E-state index is -0.174. The van der Waals surface area contributed by atoms with E-state index in [1.54, 1.807) is 11.8 Å². The quantitative estimate of drug-likeness (QED) is 0.608. The van der Waals surface area contributed by atoms with Crippen LogP contribution >= 0.6 is 11.8 Å². The molecule has 1 aromatic heterocycles. The van der Waals surface area contributed by atoms with Crippen LogP contribution < -0.4 is 5.32 Å². The molecule has 1 atom stereocenters. The Morgan fingerprint density at radius 3 is 2.50 bits per heavy atom. The van der Waals surface area contributed by atoms with Crippen molar-refractivity contribution in [2.45, 2.75) is 61.4 Å². The lowest BCUT2D eigenvalue weighted by atomic mass is 9.95. The number of aromatic nitrogens is 3. The lowest BCUT2D eigenvalue weighted by Crippen LogP contribution is -2.24. The highest BCUT2D eigenvalue weighted by atomic mass is 32.2. The molecular formula is C24H26N4OS. The monoisotopic (exact) mass is 418 g/mol. The van der Waals surface area contributed by atoms with Crippen LogP contribution in [0.4, 0.5) is 5.69 Å². The van der Waals surface area contributed by atoms with Crippen LogP contribution in [0.1, 0.15) is 50.1 Å². The number of hydrogen-bond donors (Lipinski definition) is 1. The van der Waals surface area contributed by atoms with E-state index in [4.69, 9.17) is 0 Å². The summed E-state index contributed by atoms with van der Waals surface area (Å²) in [7, 11) is 0. The second kappa shape index (κ2) is 8.64. The van der Waals surface area contributed by atoms with Crippen molar-refractivity contribution in [3.8, 4) is 11.4 Å². The number of nitrogens with zero attached hydrogens (tertiary/aromatic N) is 3. The molecule has 1 saturated carbocycles. The number of fused-ring (bicyclic) bond motifs is 1. The Morgan fingerprint density at radius 2 is 1.67 bits per heavy atom. The Hall–Kier alpha value is -2.60. The van der Waals surface area contributed by atoms with Gasteiger partial charge in [-0.25, -0.2) is 0 Å². The maximum atomic E-state index is 13.0. The van der Waals surface area contributed by atoms with E-state index in [1.807, 2.05) is 36.4 Å². The van der Waals surface area contributed by atoms with E-state index in [9.17, 15) is 4.79 Å². The predicted octanol–water partition coefficient (Wildman–Crippen LogP) is 5.50. The molecule has 0 saturated heterocycles. The van der Waals surface area contributed by atoms with E-state index >= 15 is 0 Å². The summed E-state index contributed by atoms with van der Waals surface area (Å²) in [4.78, 5) is 13.0. The number of hydrogen-bond acceptors (Lipinski definition) is 4.